The summed E-state index contributed by atoms with van der Waals surface area (Å²) < 4.78 is 1.93. The Balaban J connectivity index is 1.64. The molecule has 0 bridgehead atoms. The van der Waals surface area contributed by atoms with Crippen molar-refractivity contribution in [3.63, 3.8) is 0 Å². The van der Waals surface area contributed by atoms with Crippen molar-refractivity contribution in [2.45, 2.75) is 58.3 Å². The first-order chi connectivity index (χ1) is 15.8. The summed E-state index contributed by atoms with van der Waals surface area (Å²) in [7, 11) is 0. The van der Waals surface area contributed by atoms with E-state index in [-0.39, 0.29) is 23.6 Å². The standard InChI is InChI=1S/C25H31N5O2S/c1-6-30-23(18(5)26-24(32)19-11-9-10-17(4)14-19)28-29-25(30)33-15-22(31)27-21-13-8-7-12-20(21)16(2)3/h7-14,16,18H,6,15H2,1-5H3,(H,26,32)(H,27,31)/t18-/m1/s1. The van der Waals surface area contributed by atoms with Gasteiger partial charge in [0.15, 0.2) is 11.0 Å². The molecule has 1 aromatic heterocycles. The van der Waals surface area contributed by atoms with E-state index in [1.165, 1.54) is 11.8 Å². The number of amides is 2. The highest BCUT2D eigenvalue weighted by Gasteiger charge is 2.20. The van der Waals surface area contributed by atoms with Crippen LogP contribution in [0.4, 0.5) is 5.69 Å². The number of rotatable bonds is 9. The van der Waals surface area contributed by atoms with Gasteiger partial charge in [0.1, 0.15) is 0 Å². The number of nitrogens with zero attached hydrogens (tertiary/aromatic N) is 3. The molecule has 0 fully saturated rings. The zero-order chi connectivity index (χ0) is 24.0. The highest BCUT2D eigenvalue weighted by atomic mass is 32.2. The zero-order valence-electron chi connectivity index (χ0n) is 19.8. The quantitative estimate of drug-likeness (QED) is 0.437. The van der Waals surface area contributed by atoms with Crippen LogP contribution in [-0.2, 0) is 11.3 Å². The lowest BCUT2D eigenvalue weighted by Gasteiger charge is -2.15. The minimum Gasteiger partial charge on any atom is -0.342 e. The molecule has 0 aliphatic heterocycles. The lowest BCUT2D eigenvalue weighted by Crippen LogP contribution is -2.28. The number of aryl methyl sites for hydroxylation is 1. The number of hydrogen-bond acceptors (Lipinski definition) is 5. The molecule has 0 unspecified atom stereocenters. The van der Waals surface area contributed by atoms with Crippen LogP contribution in [0.3, 0.4) is 0 Å². The predicted molar refractivity (Wildman–Crippen MR) is 133 cm³/mol. The maximum absolute atomic E-state index is 12.6. The average Bonchev–Trinajstić information content (AvgIpc) is 3.21. The molecule has 0 aliphatic carbocycles. The Kier molecular flexibility index (Phi) is 8.27. The molecule has 3 aromatic rings. The Bertz CT molecular complexity index is 1130. The Morgan fingerprint density at radius 1 is 1.06 bits per heavy atom. The van der Waals surface area contributed by atoms with Crippen molar-refractivity contribution in [2.24, 2.45) is 0 Å². The molecule has 0 saturated heterocycles. The molecule has 2 N–H and O–H groups in total. The number of aromatic nitrogens is 3. The summed E-state index contributed by atoms with van der Waals surface area (Å²) in [5.41, 5.74) is 3.58. The minimum atomic E-state index is -0.327. The van der Waals surface area contributed by atoms with Crippen molar-refractivity contribution in [3.8, 4) is 0 Å². The van der Waals surface area contributed by atoms with E-state index in [0.29, 0.717) is 29.0 Å². The van der Waals surface area contributed by atoms with E-state index in [9.17, 15) is 9.59 Å². The van der Waals surface area contributed by atoms with Gasteiger partial charge >= 0.3 is 0 Å². The summed E-state index contributed by atoms with van der Waals surface area (Å²) in [5.74, 6) is 0.938. The van der Waals surface area contributed by atoms with Crippen LogP contribution in [0.15, 0.2) is 53.7 Å². The molecule has 0 radical (unpaired) electrons. The molecule has 0 aliphatic rings. The molecule has 0 saturated carbocycles. The van der Waals surface area contributed by atoms with Crippen LogP contribution in [0.1, 0.15) is 67.0 Å². The highest BCUT2D eigenvalue weighted by Crippen LogP contribution is 2.25. The van der Waals surface area contributed by atoms with E-state index in [4.69, 9.17) is 0 Å². The smallest absolute Gasteiger partial charge is 0.251 e. The fourth-order valence-electron chi connectivity index (χ4n) is 3.59. The van der Waals surface area contributed by atoms with Gasteiger partial charge in [-0.1, -0.05) is 61.5 Å². The molecular formula is C25H31N5O2S. The monoisotopic (exact) mass is 465 g/mol. The topological polar surface area (TPSA) is 88.9 Å². The SMILES string of the molecule is CCn1c(SCC(=O)Nc2ccccc2C(C)C)nnc1[C@@H](C)NC(=O)c1cccc(C)c1. The van der Waals surface area contributed by atoms with Gasteiger partial charge in [-0.3, -0.25) is 9.59 Å². The molecule has 3 rings (SSSR count). The summed E-state index contributed by atoms with van der Waals surface area (Å²) in [6, 6.07) is 15.0. The van der Waals surface area contributed by atoms with Crippen LogP contribution >= 0.6 is 11.8 Å². The largest absolute Gasteiger partial charge is 0.342 e. The zero-order valence-corrected chi connectivity index (χ0v) is 20.6. The Morgan fingerprint density at radius 2 is 1.82 bits per heavy atom. The highest BCUT2D eigenvalue weighted by molar-refractivity contribution is 7.99. The van der Waals surface area contributed by atoms with Gasteiger partial charge in [-0.25, -0.2) is 0 Å². The molecule has 2 aromatic carbocycles. The second-order valence-electron chi connectivity index (χ2n) is 8.23. The van der Waals surface area contributed by atoms with E-state index >= 15 is 0 Å². The van der Waals surface area contributed by atoms with E-state index < -0.39 is 0 Å². The first-order valence-corrected chi connectivity index (χ1v) is 12.1. The molecule has 0 spiro atoms. The maximum Gasteiger partial charge on any atom is 0.251 e. The normalized spacial score (nSPS) is 11.9. The van der Waals surface area contributed by atoms with Crippen LogP contribution in [0.25, 0.3) is 0 Å². The van der Waals surface area contributed by atoms with Crippen molar-refractivity contribution in [2.75, 3.05) is 11.1 Å². The summed E-state index contributed by atoms with van der Waals surface area (Å²) >= 11 is 1.33. The third-order valence-electron chi connectivity index (χ3n) is 5.27. The second kappa shape index (κ2) is 11.1. The fourth-order valence-corrected chi connectivity index (χ4v) is 4.40. The van der Waals surface area contributed by atoms with E-state index in [1.54, 1.807) is 6.07 Å². The number of carbonyl (C=O) groups is 2. The Labute approximate surface area is 199 Å². The number of anilines is 1. The number of hydrogen-bond donors (Lipinski definition) is 2. The lowest BCUT2D eigenvalue weighted by molar-refractivity contribution is -0.113. The van der Waals surface area contributed by atoms with Crippen molar-refractivity contribution < 1.29 is 9.59 Å². The van der Waals surface area contributed by atoms with Crippen molar-refractivity contribution in [3.05, 3.63) is 71.0 Å². The van der Waals surface area contributed by atoms with Gasteiger partial charge in [-0.15, -0.1) is 10.2 Å². The van der Waals surface area contributed by atoms with Crippen LogP contribution in [0, 0.1) is 6.92 Å². The van der Waals surface area contributed by atoms with E-state index in [2.05, 4.69) is 34.7 Å². The summed E-state index contributed by atoms with van der Waals surface area (Å²) in [4.78, 5) is 25.2. The molecule has 174 valence electrons. The van der Waals surface area contributed by atoms with Gasteiger partial charge in [-0.2, -0.15) is 0 Å². The lowest BCUT2D eigenvalue weighted by atomic mass is 10.0. The van der Waals surface area contributed by atoms with Gasteiger partial charge < -0.3 is 15.2 Å². The molecule has 1 atom stereocenters. The number of benzene rings is 2. The number of para-hydroxylation sites is 1. The number of thioether (sulfide) groups is 1. The predicted octanol–water partition coefficient (Wildman–Crippen LogP) is 4.95. The van der Waals surface area contributed by atoms with Gasteiger partial charge in [0.2, 0.25) is 5.91 Å². The Morgan fingerprint density at radius 3 is 2.52 bits per heavy atom. The van der Waals surface area contributed by atoms with Gasteiger partial charge in [0.05, 0.1) is 11.8 Å². The molecule has 33 heavy (non-hydrogen) atoms. The van der Waals surface area contributed by atoms with Crippen LogP contribution in [-0.4, -0.2) is 32.3 Å². The van der Waals surface area contributed by atoms with E-state index in [0.717, 1.165) is 16.8 Å². The molecule has 1 heterocycles. The number of carbonyl (C=O) groups excluding carboxylic acids is 2. The summed E-state index contributed by atoms with van der Waals surface area (Å²) in [6.07, 6.45) is 0. The molecule has 7 nitrogen and oxygen atoms in total. The van der Waals surface area contributed by atoms with Crippen molar-refractivity contribution in [1.29, 1.82) is 0 Å². The summed E-state index contributed by atoms with van der Waals surface area (Å²) in [6.45, 7) is 10.7. The van der Waals surface area contributed by atoms with Crippen LogP contribution in [0.5, 0.6) is 0 Å². The first kappa shape index (κ1) is 24.5. The second-order valence-corrected chi connectivity index (χ2v) is 9.17. The Hall–Kier alpha value is -3.13. The maximum atomic E-state index is 12.6. The summed E-state index contributed by atoms with van der Waals surface area (Å²) in [5, 5.41) is 15.2. The third kappa shape index (κ3) is 6.22. The average molecular weight is 466 g/mol. The van der Waals surface area contributed by atoms with Gasteiger partial charge in [-0.05, 0) is 50.5 Å². The van der Waals surface area contributed by atoms with E-state index in [1.807, 2.05) is 67.8 Å². The third-order valence-corrected chi connectivity index (χ3v) is 6.23. The fraction of sp³-hybridized carbons (Fsp3) is 0.360. The minimum absolute atomic E-state index is 0.0962. The molecular weight excluding hydrogens is 434 g/mol. The van der Waals surface area contributed by atoms with Gasteiger partial charge in [0, 0.05) is 17.8 Å². The van der Waals surface area contributed by atoms with Gasteiger partial charge in [0.25, 0.3) is 5.91 Å². The molecule has 2 amide bonds. The number of nitrogens with one attached hydrogen (secondary N) is 2. The molecule has 8 heteroatoms. The van der Waals surface area contributed by atoms with Crippen molar-refractivity contribution >= 4 is 29.3 Å². The first-order valence-electron chi connectivity index (χ1n) is 11.1. The van der Waals surface area contributed by atoms with Crippen LogP contribution < -0.4 is 10.6 Å². The van der Waals surface area contributed by atoms with Crippen molar-refractivity contribution in [1.82, 2.24) is 20.1 Å². The van der Waals surface area contributed by atoms with Crippen LogP contribution in [0.2, 0.25) is 0 Å².